The Morgan fingerprint density at radius 3 is 2.23 bits per heavy atom. The van der Waals surface area contributed by atoms with Gasteiger partial charge in [-0.15, -0.1) is 0 Å². The van der Waals surface area contributed by atoms with Crippen molar-refractivity contribution in [2.45, 2.75) is 37.3 Å². The van der Waals surface area contributed by atoms with E-state index in [-0.39, 0.29) is 52.5 Å². The van der Waals surface area contributed by atoms with Crippen LogP contribution in [0, 0.1) is 0 Å². The molecule has 5 aromatic rings. The van der Waals surface area contributed by atoms with Crippen LogP contribution in [0.25, 0.3) is 0 Å². The first-order chi connectivity index (χ1) is 25.5. The number of aliphatic hydroxyl groups excluding tert-OH is 1. The fourth-order valence-corrected chi connectivity index (χ4v) is 6.40. The Morgan fingerprint density at radius 1 is 0.736 bits per heavy atom. The molecular weight excluding hydrogens is 684 g/mol. The third kappa shape index (κ3) is 6.79. The highest BCUT2D eigenvalue weighted by Gasteiger charge is 2.41. The molecule has 12 nitrogen and oxygen atoms in total. The number of benzene rings is 5. The average Bonchev–Trinajstić information content (AvgIpc) is 3.17. The molecule has 53 heavy (non-hydrogen) atoms. The van der Waals surface area contributed by atoms with Crippen LogP contribution in [0.3, 0.4) is 0 Å². The van der Waals surface area contributed by atoms with Crippen molar-refractivity contribution in [2.75, 3.05) is 13.7 Å². The van der Waals surface area contributed by atoms with E-state index in [9.17, 15) is 34.8 Å². The van der Waals surface area contributed by atoms with Crippen LogP contribution in [0.2, 0.25) is 0 Å². The van der Waals surface area contributed by atoms with Crippen LogP contribution >= 0.6 is 0 Å². The van der Waals surface area contributed by atoms with Gasteiger partial charge in [0.2, 0.25) is 5.78 Å². The Hall–Kier alpha value is -6.53. The summed E-state index contributed by atoms with van der Waals surface area (Å²) >= 11 is 0. The van der Waals surface area contributed by atoms with Gasteiger partial charge in [-0.3, -0.25) is 14.4 Å². The first-order valence-electron chi connectivity index (χ1n) is 16.7. The molecule has 0 bridgehead atoms. The van der Waals surface area contributed by atoms with Gasteiger partial charge in [0.15, 0.2) is 53.2 Å². The first-order valence-corrected chi connectivity index (χ1v) is 16.7. The second kappa shape index (κ2) is 14.2. The van der Waals surface area contributed by atoms with Gasteiger partial charge >= 0.3 is 5.97 Å². The number of phenolic OH excluding ortho intramolecular Hbond substituents is 3. The van der Waals surface area contributed by atoms with E-state index >= 15 is 0 Å². The third-order valence-electron chi connectivity index (χ3n) is 9.25. The summed E-state index contributed by atoms with van der Waals surface area (Å²) in [5.41, 5.74) is 2.15. The summed E-state index contributed by atoms with van der Waals surface area (Å²) in [6.45, 7) is 1.43. The molecule has 0 fully saturated rings. The zero-order valence-corrected chi connectivity index (χ0v) is 28.5. The maximum atomic E-state index is 13.4. The van der Waals surface area contributed by atoms with Crippen molar-refractivity contribution in [3.63, 3.8) is 0 Å². The van der Waals surface area contributed by atoms with Crippen LogP contribution in [0.15, 0.2) is 103 Å². The van der Waals surface area contributed by atoms with Crippen molar-refractivity contribution >= 4 is 17.5 Å². The molecule has 1 unspecified atom stereocenters. The number of methoxy groups -OCH3 is 1. The molecule has 0 spiro atoms. The molecule has 5 aromatic carbocycles. The molecule has 12 heteroatoms. The van der Waals surface area contributed by atoms with E-state index in [0.29, 0.717) is 27.8 Å². The van der Waals surface area contributed by atoms with Gasteiger partial charge in [0.25, 0.3) is 0 Å². The number of carbonyl (C=O) groups is 3. The molecule has 2 aliphatic rings. The number of ketones is 2. The molecule has 0 radical (unpaired) electrons. The monoisotopic (exact) mass is 718 g/mol. The van der Waals surface area contributed by atoms with Gasteiger partial charge in [0.05, 0.1) is 13.0 Å². The van der Waals surface area contributed by atoms with E-state index in [1.54, 1.807) is 79.7 Å². The molecule has 270 valence electrons. The molecule has 0 amide bonds. The molecule has 4 N–H and O–H groups in total. The van der Waals surface area contributed by atoms with Gasteiger partial charge in [0, 0.05) is 28.8 Å². The summed E-state index contributed by atoms with van der Waals surface area (Å²) in [6.07, 6.45) is -4.71. The quantitative estimate of drug-likeness (QED) is 0.104. The highest BCUT2D eigenvalue weighted by Crippen LogP contribution is 2.46. The van der Waals surface area contributed by atoms with Crippen LogP contribution in [-0.2, 0) is 9.53 Å². The normalized spacial score (nSPS) is 19.3. The van der Waals surface area contributed by atoms with Gasteiger partial charge in [-0.1, -0.05) is 60.7 Å². The summed E-state index contributed by atoms with van der Waals surface area (Å²) in [6, 6.07) is 27.1. The Morgan fingerprint density at radius 2 is 1.45 bits per heavy atom. The number of hydrogen-bond donors (Lipinski definition) is 4. The smallest absolute Gasteiger partial charge is 0.313 e. The predicted octanol–water partition coefficient (Wildman–Crippen LogP) is 5.95. The van der Waals surface area contributed by atoms with Crippen LogP contribution in [-0.4, -0.2) is 63.9 Å². The van der Waals surface area contributed by atoms with Crippen LogP contribution in [0.5, 0.6) is 40.2 Å². The molecule has 0 aliphatic carbocycles. The fraction of sp³-hybridized carbons (Fsp3) is 0.195. The van der Waals surface area contributed by atoms with E-state index in [4.69, 9.17) is 23.7 Å². The third-order valence-corrected chi connectivity index (χ3v) is 9.25. The van der Waals surface area contributed by atoms with Crippen LogP contribution in [0.1, 0.15) is 68.0 Å². The van der Waals surface area contributed by atoms with Gasteiger partial charge in [0.1, 0.15) is 29.4 Å². The number of Topliss-reactive ketones (excluding diaryl/α,β-unsaturated/α-hetero) is 1. The molecule has 0 aromatic heterocycles. The van der Waals surface area contributed by atoms with Crippen molar-refractivity contribution < 1.29 is 58.5 Å². The molecule has 0 saturated carbocycles. The van der Waals surface area contributed by atoms with Crippen molar-refractivity contribution in [3.8, 4) is 40.2 Å². The second-order valence-electron chi connectivity index (χ2n) is 12.7. The summed E-state index contributed by atoms with van der Waals surface area (Å²) in [4.78, 5) is 39.5. The predicted molar refractivity (Wildman–Crippen MR) is 188 cm³/mol. The van der Waals surface area contributed by atoms with E-state index in [1.807, 2.05) is 6.07 Å². The maximum absolute atomic E-state index is 13.4. The largest absolute Gasteiger partial charge is 0.508 e. The minimum Gasteiger partial charge on any atom is -0.508 e. The summed E-state index contributed by atoms with van der Waals surface area (Å²) in [5.74, 6) is -2.66. The number of aromatic hydroxyl groups is 3. The summed E-state index contributed by atoms with van der Waals surface area (Å²) < 4.78 is 29.8. The highest BCUT2D eigenvalue weighted by molar-refractivity contribution is 6.09. The molecule has 5 atom stereocenters. The van der Waals surface area contributed by atoms with Crippen molar-refractivity contribution in [1.29, 1.82) is 0 Å². The van der Waals surface area contributed by atoms with Crippen molar-refractivity contribution in [2.24, 2.45) is 0 Å². The number of rotatable bonds is 9. The van der Waals surface area contributed by atoms with Crippen LogP contribution < -0.4 is 18.9 Å². The van der Waals surface area contributed by atoms with E-state index in [0.717, 1.165) is 6.07 Å². The number of aliphatic hydroxyl groups is 1. The summed E-state index contributed by atoms with van der Waals surface area (Å²) in [5, 5.41) is 41.4. The van der Waals surface area contributed by atoms with Gasteiger partial charge < -0.3 is 44.1 Å². The Bertz CT molecular complexity index is 2210. The number of carbonyl (C=O) groups excluding carboxylic acids is 3. The Labute approximate surface area is 303 Å². The lowest BCUT2D eigenvalue weighted by Crippen LogP contribution is -2.38. The van der Waals surface area contributed by atoms with E-state index in [1.165, 1.54) is 25.3 Å². The topological polar surface area (TPSA) is 178 Å². The zero-order chi connectivity index (χ0) is 37.4. The number of esters is 1. The van der Waals surface area contributed by atoms with Crippen molar-refractivity contribution in [1.82, 2.24) is 0 Å². The number of hydrogen-bond acceptors (Lipinski definition) is 12. The molecule has 2 heterocycles. The lowest BCUT2D eigenvalue weighted by molar-refractivity contribution is -0.150. The number of phenols is 3. The lowest BCUT2D eigenvalue weighted by atomic mass is 9.92. The Kier molecular flexibility index (Phi) is 9.38. The van der Waals surface area contributed by atoms with Crippen LogP contribution in [0.4, 0.5) is 0 Å². The standard InChI is InChI=1S/C41H34O12/c1-21(23-9-6-10-24(15-23)36(45)22-7-4-3-5-8-22)41(48)50-20-34-39(25-11-13-28(43)31(16-25)49-2)52-32-17-26(12-14-30(32)51-34)40-38(47)37(46)35-29(44)18-27(42)19-33(35)53-40/h3-19,21,34,38-40,42-44,47H,20H2,1-2H3/t21?,34-,38+,39-,40-/m0/s1. The number of ether oxygens (including phenoxy) is 5. The zero-order valence-electron chi connectivity index (χ0n) is 28.5. The highest BCUT2D eigenvalue weighted by atomic mass is 16.6. The fourth-order valence-electron chi connectivity index (χ4n) is 6.40. The van der Waals surface area contributed by atoms with Gasteiger partial charge in [-0.2, -0.15) is 0 Å². The van der Waals surface area contributed by atoms with E-state index < -0.39 is 47.8 Å². The SMILES string of the molecule is COc1cc([C@@H]2Oc3cc([C@@H]4Oc5cc(O)cc(O)c5C(=O)[C@H]4O)ccc3O[C@H]2COC(=O)C(C)c2cccc(C(=O)c3ccccc3)c2)ccc1O. The lowest BCUT2D eigenvalue weighted by Gasteiger charge is -2.35. The number of fused-ring (bicyclic) bond motifs is 2. The van der Waals surface area contributed by atoms with Crippen molar-refractivity contribution in [3.05, 3.63) is 137 Å². The minimum atomic E-state index is -1.69. The second-order valence-corrected chi connectivity index (χ2v) is 12.7. The average molecular weight is 719 g/mol. The molecule has 2 aliphatic heterocycles. The molecule has 0 saturated heterocycles. The van der Waals surface area contributed by atoms with Gasteiger partial charge in [-0.05, 0) is 48.4 Å². The molecular formula is C41H34O12. The maximum Gasteiger partial charge on any atom is 0.313 e. The van der Waals surface area contributed by atoms with E-state index in [2.05, 4.69) is 0 Å². The van der Waals surface area contributed by atoms with Gasteiger partial charge in [-0.25, -0.2) is 0 Å². The molecule has 7 rings (SSSR count). The minimum absolute atomic E-state index is 0.0996. The Balaban J connectivity index is 1.13. The summed E-state index contributed by atoms with van der Waals surface area (Å²) in [7, 11) is 1.40. The first kappa shape index (κ1) is 34.9.